The number of likely N-dealkylation sites (N-methyl/N-ethyl adjacent to an activating group) is 1. The molecule has 1 aromatic carbocycles. The van der Waals surface area contributed by atoms with Crippen molar-refractivity contribution in [1.29, 1.82) is 0 Å². The summed E-state index contributed by atoms with van der Waals surface area (Å²) in [6.45, 7) is 0. The molecule has 1 atom stereocenters. The monoisotopic (exact) mass is 332 g/mol. The second-order valence-electron chi connectivity index (χ2n) is 6.01. The van der Waals surface area contributed by atoms with E-state index in [-0.39, 0.29) is 18.2 Å². The number of hydrogen-bond acceptors (Lipinski definition) is 4. The van der Waals surface area contributed by atoms with Crippen LogP contribution in [0.5, 0.6) is 0 Å². The highest BCUT2D eigenvalue weighted by atomic mass is 16.2. The number of pyridine rings is 2. The minimum absolute atomic E-state index is 0.107. The Hall–Kier alpha value is -3.28. The second-order valence-corrected chi connectivity index (χ2v) is 6.01. The van der Waals surface area contributed by atoms with Crippen molar-refractivity contribution in [3.8, 4) is 0 Å². The summed E-state index contributed by atoms with van der Waals surface area (Å²) in [4.78, 5) is 35.2. The Kier molecular flexibility index (Phi) is 3.65. The van der Waals surface area contributed by atoms with E-state index in [1.165, 1.54) is 4.90 Å². The van der Waals surface area contributed by atoms with Gasteiger partial charge in [-0.05, 0) is 24.3 Å². The Labute approximate surface area is 144 Å². The number of carbonyl (C=O) groups is 2. The topological polar surface area (TPSA) is 75.2 Å². The van der Waals surface area contributed by atoms with Crippen LogP contribution in [0.1, 0.15) is 17.9 Å². The molecule has 0 bridgehead atoms. The third-order valence-electron chi connectivity index (χ3n) is 4.42. The average Bonchev–Trinajstić information content (AvgIpc) is 2.65. The van der Waals surface area contributed by atoms with Crippen molar-refractivity contribution in [3.05, 3.63) is 60.3 Å². The number of fused-ring (bicyclic) bond motifs is 2. The number of anilines is 2. The van der Waals surface area contributed by atoms with Gasteiger partial charge in [0.05, 0.1) is 11.4 Å². The molecule has 0 fully saturated rings. The number of para-hydroxylation sites is 1. The lowest BCUT2D eigenvalue weighted by atomic mass is 9.91. The maximum atomic E-state index is 13.0. The molecule has 0 saturated carbocycles. The predicted octanol–water partition coefficient (Wildman–Crippen LogP) is 2.72. The van der Waals surface area contributed by atoms with Crippen molar-refractivity contribution in [2.24, 2.45) is 0 Å². The molecule has 1 unspecified atom stereocenters. The molecular weight excluding hydrogens is 316 g/mol. The van der Waals surface area contributed by atoms with Crippen LogP contribution in [-0.4, -0.2) is 28.8 Å². The fourth-order valence-corrected chi connectivity index (χ4v) is 3.09. The van der Waals surface area contributed by atoms with Crippen molar-refractivity contribution < 1.29 is 9.59 Å². The van der Waals surface area contributed by atoms with Gasteiger partial charge in [0, 0.05) is 30.6 Å². The number of rotatable bonds is 2. The summed E-state index contributed by atoms with van der Waals surface area (Å²) in [5.74, 6) is 0.0733. The van der Waals surface area contributed by atoms with Gasteiger partial charge in [-0.25, -0.2) is 9.97 Å². The molecular formula is C19H16N4O2. The molecule has 3 heterocycles. The summed E-state index contributed by atoms with van der Waals surface area (Å²) in [5.41, 5.74) is 1.56. The molecule has 0 aliphatic carbocycles. The lowest BCUT2D eigenvalue weighted by Crippen LogP contribution is -2.37. The van der Waals surface area contributed by atoms with E-state index >= 15 is 0 Å². The maximum Gasteiger partial charge on any atom is 0.236 e. The lowest BCUT2D eigenvalue weighted by Gasteiger charge is -2.27. The minimum atomic E-state index is -0.560. The molecule has 2 aromatic heterocycles. The van der Waals surface area contributed by atoms with Crippen LogP contribution in [0.3, 0.4) is 0 Å². The van der Waals surface area contributed by atoms with E-state index in [0.29, 0.717) is 11.6 Å². The van der Waals surface area contributed by atoms with Gasteiger partial charge in [0.15, 0.2) is 0 Å². The predicted molar refractivity (Wildman–Crippen MR) is 95.4 cm³/mol. The van der Waals surface area contributed by atoms with E-state index in [4.69, 9.17) is 0 Å². The van der Waals surface area contributed by atoms with Crippen LogP contribution in [0.2, 0.25) is 0 Å². The van der Waals surface area contributed by atoms with Gasteiger partial charge in [0.25, 0.3) is 0 Å². The van der Waals surface area contributed by atoms with Gasteiger partial charge in [-0.3, -0.25) is 14.5 Å². The van der Waals surface area contributed by atoms with Crippen molar-refractivity contribution in [1.82, 2.24) is 9.97 Å². The van der Waals surface area contributed by atoms with Crippen LogP contribution >= 0.6 is 0 Å². The van der Waals surface area contributed by atoms with Gasteiger partial charge in [0.2, 0.25) is 11.8 Å². The molecule has 6 nitrogen and oxygen atoms in total. The summed E-state index contributed by atoms with van der Waals surface area (Å²) in [6, 6.07) is 15.1. The van der Waals surface area contributed by atoms with Gasteiger partial charge >= 0.3 is 0 Å². The first-order chi connectivity index (χ1) is 12.1. The Morgan fingerprint density at radius 1 is 1.16 bits per heavy atom. The highest BCUT2D eigenvalue weighted by molar-refractivity contribution is 6.05. The molecule has 0 saturated heterocycles. The molecule has 25 heavy (non-hydrogen) atoms. The average molecular weight is 332 g/mol. The minimum Gasteiger partial charge on any atom is -0.310 e. The van der Waals surface area contributed by atoms with Crippen LogP contribution in [0.25, 0.3) is 10.9 Å². The first-order valence-corrected chi connectivity index (χ1v) is 8.01. The van der Waals surface area contributed by atoms with E-state index in [1.807, 2.05) is 42.5 Å². The lowest BCUT2D eigenvalue weighted by molar-refractivity contribution is -0.124. The summed E-state index contributed by atoms with van der Waals surface area (Å²) in [5, 5.41) is 3.72. The standard InChI is InChI=1S/C19H16N4O2/c1-23(16-9-8-12-5-2-3-7-15(12)21-16)19(25)14-11-17(24)22-18-13(14)6-4-10-20-18/h2-10,14H,11H2,1H3,(H,20,22,24). The summed E-state index contributed by atoms with van der Waals surface area (Å²) in [6.07, 6.45) is 1.70. The Balaban J connectivity index is 1.69. The number of benzene rings is 1. The van der Waals surface area contributed by atoms with E-state index in [1.54, 1.807) is 19.3 Å². The number of hydrogen-bond donors (Lipinski definition) is 1. The smallest absolute Gasteiger partial charge is 0.236 e. The molecule has 4 rings (SSSR count). The number of amides is 2. The van der Waals surface area contributed by atoms with Crippen LogP contribution < -0.4 is 10.2 Å². The zero-order chi connectivity index (χ0) is 17.4. The molecule has 1 aliphatic rings. The van der Waals surface area contributed by atoms with Crippen LogP contribution in [0.4, 0.5) is 11.6 Å². The number of aromatic nitrogens is 2. The van der Waals surface area contributed by atoms with E-state index < -0.39 is 5.92 Å². The highest BCUT2D eigenvalue weighted by Gasteiger charge is 2.33. The molecule has 1 aliphatic heterocycles. The van der Waals surface area contributed by atoms with Gasteiger partial charge in [-0.1, -0.05) is 24.3 Å². The molecule has 124 valence electrons. The van der Waals surface area contributed by atoms with E-state index in [2.05, 4.69) is 15.3 Å². The fraction of sp³-hybridized carbons (Fsp3) is 0.158. The molecule has 6 heteroatoms. The first-order valence-electron chi connectivity index (χ1n) is 8.01. The molecule has 0 radical (unpaired) electrons. The van der Waals surface area contributed by atoms with Crippen molar-refractivity contribution in [2.45, 2.75) is 12.3 Å². The van der Waals surface area contributed by atoms with Gasteiger partial charge in [-0.2, -0.15) is 0 Å². The van der Waals surface area contributed by atoms with E-state index in [0.717, 1.165) is 16.5 Å². The SMILES string of the molecule is CN(C(=O)C1CC(=O)Nc2ncccc21)c1ccc2ccccc2n1. The fourth-order valence-electron chi connectivity index (χ4n) is 3.09. The first kappa shape index (κ1) is 15.3. The third-order valence-corrected chi connectivity index (χ3v) is 4.42. The van der Waals surface area contributed by atoms with Gasteiger partial charge in [-0.15, -0.1) is 0 Å². The summed E-state index contributed by atoms with van der Waals surface area (Å²) >= 11 is 0. The number of carbonyl (C=O) groups excluding carboxylic acids is 2. The number of nitrogens with one attached hydrogen (secondary N) is 1. The van der Waals surface area contributed by atoms with Crippen molar-refractivity contribution in [2.75, 3.05) is 17.3 Å². The molecule has 2 amide bonds. The molecule has 3 aromatic rings. The Morgan fingerprint density at radius 3 is 2.88 bits per heavy atom. The largest absolute Gasteiger partial charge is 0.310 e. The highest BCUT2D eigenvalue weighted by Crippen LogP contribution is 2.32. The normalized spacial score (nSPS) is 16.2. The molecule has 1 N–H and O–H groups in total. The van der Waals surface area contributed by atoms with Crippen LogP contribution in [0.15, 0.2) is 54.7 Å². The van der Waals surface area contributed by atoms with Crippen LogP contribution in [-0.2, 0) is 9.59 Å². The number of nitrogens with zero attached hydrogens (tertiary/aromatic N) is 3. The Morgan fingerprint density at radius 2 is 2.00 bits per heavy atom. The van der Waals surface area contributed by atoms with Gasteiger partial charge in [0.1, 0.15) is 11.6 Å². The summed E-state index contributed by atoms with van der Waals surface area (Å²) in [7, 11) is 1.68. The van der Waals surface area contributed by atoms with Gasteiger partial charge < -0.3 is 5.32 Å². The quantitative estimate of drug-likeness (QED) is 0.783. The summed E-state index contributed by atoms with van der Waals surface area (Å²) < 4.78 is 0. The third kappa shape index (κ3) is 2.71. The zero-order valence-electron chi connectivity index (χ0n) is 13.6. The van der Waals surface area contributed by atoms with E-state index in [9.17, 15) is 9.59 Å². The van der Waals surface area contributed by atoms with Crippen molar-refractivity contribution >= 4 is 34.4 Å². The Bertz CT molecular complexity index is 986. The van der Waals surface area contributed by atoms with Crippen LogP contribution in [0, 0.1) is 0 Å². The zero-order valence-corrected chi connectivity index (χ0v) is 13.6. The van der Waals surface area contributed by atoms with Crippen molar-refractivity contribution in [3.63, 3.8) is 0 Å². The maximum absolute atomic E-state index is 13.0. The second kappa shape index (κ2) is 5.98. The molecule has 0 spiro atoms.